The molecule has 0 N–H and O–H groups in total. The second-order valence-electron chi connectivity index (χ2n) is 4.63. The molecule has 1 fully saturated rings. The van der Waals surface area contributed by atoms with Crippen LogP contribution in [-0.2, 0) is 16.9 Å². The minimum Gasteiger partial charge on any atom is -0.345 e. The summed E-state index contributed by atoms with van der Waals surface area (Å²) in [6.07, 6.45) is 1.79. The lowest BCUT2D eigenvalue weighted by Gasteiger charge is -2.34. The van der Waals surface area contributed by atoms with Gasteiger partial charge in [0.1, 0.15) is 11.1 Å². The van der Waals surface area contributed by atoms with Crippen LogP contribution in [0.4, 0.5) is 0 Å². The molecule has 2 rings (SSSR count). The summed E-state index contributed by atoms with van der Waals surface area (Å²) in [4.78, 5) is 14.1. The first kappa shape index (κ1) is 15.9. The molecule has 1 aromatic heterocycles. The number of nitrogens with zero attached hydrogens (tertiary/aromatic N) is 2. The van der Waals surface area contributed by atoms with Crippen LogP contribution >= 0.6 is 27.7 Å². The fraction of sp³-hybridized carbons (Fsp3) is 0.583. The van der Waals surface area contributed by atoms with Gasteiger partial charge in [0.05, 0.1) is 0 Å². The van der Waals surface area contributed by atoms with Gasteiger partial charge in [-0.3, -0.25) is 4.79 Å². The van der Waals surface area contributed by atoms with Gasteiger partial charge in [-0.05, 0) is 22.0 Å². The number of sulfone groups is 1. The van der Waals surface area contributed by atoms with Crippen molar-refractivity contribution in [3.8, 4) is 0 Å². The van der Waals surface area contributed by atoms with Crippen LogP contribution in [0.5, 0.6) is 0 Å². The quantitative estimate of drug-likeness (QED) is 0.800. The van der Waals surface area contributed by atoms with Gasteiger partial charge in [-0.2, -0.15) is 11.8 Å². The number of aromatic nitrogens is 1. The van der Waals surface area contributed by atoms with Crippen LogP contribution in [0.3, 0.4) is 0 Å². The summed E-state index contributed by atoms with van der Waals surface area (Å²) >= 11 is 4.91. The Morgan fingerprint density at radius 3 is 2.80 bits per heavy atom. The van der Waals surface area contributed by atoms with Crippen LogP contribution in [-0.4, -0.2) is 53.0 Å². The Morgan fingerprint density at radius 2 is 2.25 bits per heavy atom. The number of hydrogen-bond donors (Lipinski definition) is 0. The van der Waals surface area contributed by atoms with Crippen molar-refractivity contribution in [1.29, 1.82) is 0 Å². The molecule has 1 aliphatic heterocycles. The SMILES string of the molecule is CCS(=O)(=O)C1CSCCN1C(=O)c1cc(Br)cn1C. The fourth-order valence-electron chi connectivity index (χ4n) is 2.19. The van der Waals surface area contributed by atoms with E-state index in [4.69, 9.17) is 0 Å². The second-order valence-corrected chi connectivity index (χ2v) is 9.15. The Bertz CT molecular complexity index is 612. The van der Waals surface area contributed by atoms with Crippen molar-refractivity contribution in [2.24, 2.45) is 7.05 Å². The van der Waals surface area contributed by atoms with Gasteiger partial charge in [-0.1, -0.05) is 6.92 Å². The molecule has 5 nitrogen and oxygen atoms in total. The minimum absolute atomic E-state index is 0.0544. The first-order valence-electron chi connectivity index (χ1n) is 6.29. The molecule has 0 radical (unpaired) electrons. The molecule has 1 saturated heterocycles. The van der Waals surface area contributed by atoms with Crippen LogP contribution in [0.1, 0.15) is 17.4 Å². The van der Waals surface area contributed by atoms with Gasteiger partial charge >= 0.3 is 0 Å². The molecule has 1 unspecified atom stereocenters. The van der Waals surface area contributed by atoms with Crippen molar-refractivity contribution in [1.82, 2.24) is 9.47 Å². The maximum Gasteiger partial charge on any atom is 0.271 e. The predicted molar refractivity (Wildman–Crippen MR) is 84.7 cm³/mol. The van der Waals surface area contributed by atoms with Gasteiger partial charge in [0.15, 0.2) is 9.84 Å². The van der Waals surface area contributed by atoms with Gasteiger partial charge in [-0.25, -0.2) is 8.42 Å². The third-order valence-electron chi connectivity index (χ3n) is 3.35. The molecule has 0 spiro atoms. The van der Waals surface area contributed by atoms with E-state index in [-0.39, 0.29) is 11.7 Å². The summed E-state index contributed by atoms with van der Waals surface area (Å²) in [5.41, 5.74) is 0.500. The molecular weight excluding hydrogens is 364 g/mol. The van der Waals surface area contributed by atoms with Crippen molar-refractivity contribution >= 4 is 43.4 Å². The van der Waals surface area contributed by atoms with Gasteiger partial charge in [0, 0.05) is 41.5 Å². The molecule has 1 aromatic rings. The van der Waals surface area contributed by atoms with Gasteiger partial charge in [-0.15, -0.1) is 0 Å². The first-order chi connectivity index (χ1) is 9.36. The predicted octanol–water partition coefficient (Wildman–Crippen LogP) is 1.74. The summed E-state index contributed by atoms with van der Waals surface area (Å²) in [6, 6.07) is 1.72. The van der Waals surface area contributed by atoms with Crippen LogP contribution in [0.15, 0.2) is 16.7 Å². The van der Waals surface area contributed by atoms with E-state index in [9.17, 15) is 13.2 Å². The molecule has 0 bridgehead atoms. The summed E-state index contributed by atoms with van der Waals surface area (Å²) in [7, 11) is -1.49. The average Bonchev–Trinajstić information content (AvgIpc) is 2.77. The first-order valence-corrected chi connectivity index (χ1v) is 9.95. The van der Waals surface area contributed by atoms with Crippen LogP contribution in [0.2, 0.25) is 0 Å². The van der Waals surface area contributed by atoms with Crippen LogP contribution in [0, 0.1) is 0 Å². The van der Waals surface area contributed by atoms with Crippen LogP contribution < -0.4 is 0 Å². The molecule has 2 heterocycles. The number of hydrogen-bond acceptors (Lipinski definition) is 4. The highest BCUT2D eigenvalue weighted by Gasteiger charge is 2.36. The normalized spacial score (nSPS) is 20.1. The zero-order valence-corrected chi connectivity index (χ0v) is 14.6. The van der Waals surface area contributed by atoms with Crippen molar-refractivity contribution in [2.75, 3.05) is 23.8 Å². The van der Waals surface area contributed by atoms with Crippen molar-refractivity contribution in [3.05, 3.63) is 22.4 Å². The van der Waals surface area contributed by atoms with E-state index in [2.05, 4.69) is 15.9 Å². The topological polar surface area (TPSA) is 59.4 Å². The maximum absolute atomic E-state index is 12.6. The summed E-state index contributed by atoms with van der Waals surface area (Å²) in [6.45, 7) is 2.09. The smallest absolute Gasteiger partial charge is 0.271 e. The number of rotatable bonds is 3. The number of thioether (sulfide) groups is 1. The number of aryl methyl sites for hydroxylation is 1. The Morgan fingerprint density at radius 1 is 1.55 bits per heavy atom. The van der Waals surface area contributed by atoms with E-state index in [1.54, 1.807) is 42.6 Å². The lowest BCUT2D eigenvalue weighted by molar-refractivity contribution is 0.0740. The Hall–Kier alpha value is -0.470. The van der Waals surface area contributed by atoms with Gasteiger partial charge < -0.3 is 9.47 Å². The third-order valence-corrected chi connectivity index (χ3v) is 7.08. The number of carbonyl (C=O) groups is 1. The molecule has 8 heteroatoms. The highest BCUT2D eigenvalue weighted by Crippen LogP contribution is 2.24. The van der Waals surface area contributed by atoms with Crippen molar-refractivity contribution in [2.45, 2.75) is 12.3 Å². The second kappa shape index (κ2) is 6.11. The average molecular weight is 381 g/mol. The molecule has 1 atom stereocenters. The van der Waals surface area contributed by atoms with E-state index in [0.717, 1.165) is 10.2 Å². The maximum atomic E-state index is 12.6. The Labute approximate surface area is 131 Å². The zero-order valence-electron chi connectivity index (χ0n) is 11.4. The molecule has 0 saturated carbocycles. The molecule has 112 valence electrons. The molecular formula is C12H17BrN2O3S2. The van der Waals surface area contributed by atoms with Gasteiger partial charge in [0.2, 0.25) is 0 Å². The number of carbonyl (C=O) groups excluding carboxylic acids is 1. The van der Waals surface area contributed by atoms with Crippen molar-refractivity contribution in [3.63, 3.8) is 0 Å². The molecule has 20 heavy (non-hydrogen) atoms. The highest BCUT2D eigenvalue weighted by atomic mass is 79.9. The molecule has 1 amide bonds. The van der Waals surface area contributed by atoms with Gasteiger partial charge in [0.25, 0.3) is 5.91 Å². The Balaban J connectivity index is 2.33. The molecule has 1 aliphatic rings. The summed E-state index contributed by atoms with van der Waals surface area (Å²) in [5, 5.41) is -0.715. The van der Waals surface area contributed by atoms with Crippen LogP contribution in [0.25, 0.3) is 0 Å². The van der Waals surface area contributed by atoms with Crippen molar-refractivity contribution < 1.29 is 13.2 Å². The highest BCUT2D eigenvalue weighted by molar-refractivity contribution is 9.10. The minimum atomic E-state index is -3.27. The summed E-state index contributed by atoms with van der Waals surface area (Å²) in [5.74, 6) is 1.06. The third kappa shape index (κ3) is 3.07. The largest absolute Gasteiger partial charge is 0.345 e. The fourth-order valence-corrected chi connectivity index (χ4v) is 5.68. The number of halogens is 1. The number of amides is 1. The monoisotopic (exact) mass is 380 g/mol. The van der Waals surface area contributed by atoms with E-state index in [0.29, 0.717) is 18.0 Å². The Kier molecular flexibility index (Phi) is 4.86. The summed E-state index contributed by atoms with van der Waals surface area (Å²) < 4.78 is 26.9. The van der Waals surface area contributed by atoms with E-state index in [1.165, 1.54) is 4.90 Å². The van der Waals surface area contributed by atoms with E-state index >= 15 is 0 Å². The van der Waals surface area contributed by atoms with E-state index in [1.807, 2.05) is 0 Å². The zero-order chi connectivity index (χ0) is 14.9. The van der Waals surface area contributed by atoms with E-state index < -0.39 is 15.2 Å². The molecule has 0 aliphatic carbocycles. The standard InChI is InChI=1S/C12H17BrN2O3S2/c1-3-20(17,18)11-8-19-5-4-15(11)12(16)10-6-9(13)7-14(10)2/h6-7,11H,3-5,8H2,1-2H3. The lowest BCUT2D eigenvalue weighted by atomic mass is 10.3. The molecule has 0 aromatic carbocycles. The lowest BCUT2D eigenvalue weighted by Crippen LogP contribution is -2.51.